The molecule has 0 bridgehead atoms. The van der Waals surface area contributed by atoms with Crippen LogP contribution in [0.4, 0.5) is 11.6 Å². The van der Waals surface area contributed by atoms with Crippen molar-refractivity contribution in [2.24, 2.45) is 0 Å². The van der Waals surface area contributed by atoms with Crippen molar-refractivity contribution in [2.45, 2.75) is 20.0 Å². The minimum atomic E-state index is -0.239. The predicted octanol–water partition coefficient (Wildman–Crippen LogP) is 2.94. The third kappa shape index (κ3) is 4.49. The summed E-state index contributed by atoms with van der Waals surface area (Å²) in [6.07, 6.45) is 0.294. The minimum Gasteiger partial charge on any atom is -0.489 e. The lowest BCUT2D eigenvalue weighted by molar-refractivity contribution is 0.298. The molecule has 0 aliphatic heterocycles. The molecule has 0 amide bonds. The first-order valence-electron chi connectivity index (χ1n) is 8.40. The number of rotatable bonds is 7. The molecule has 2 aromatic carbocycles. The van der Waals surface area contributed by atoms with Crippen LogP contribution in [0.2, 0.25) is 0 Å². The molecule has 3 N–H and O–H groups in total. The summed E-state index contributed by atoms with van der Waals surface area (Å²) in [5, 5.41) is 12.1. The Labute approximate surface area is 151 Å². The van der Waals surface area contributed by atoms with Gasteiger partial charge < -0.3 is 15.2 Å². The van der Waals surface area contributed by atoms with E-state index in [2.05, 4.69) is 15.3 Å². The van der Waals surface area contributed by atoms with Gasteiger partial charge in [-0.2, -0.15) is 0 Å². The van der Waals surface area contributed by atoms with Crippen molar-refractivity contribution in [3.63, 3.8) is 0 Å². The van der Waals surface area contributed by atoms with Crippen LogP contribution < -0.4 is 15.6 Å². The first-order chi connectivity index (χ1) is 12.7. The lowest BCUT2D eigenvalue weighted by Crippen LogP contribution is -2.19. The molecule has 0 spiro atoms. The number of benzene rings is 2. The van der Waals surface area contributed by atoms with E-state index in [0.717, 1.165) is 17.0 Å². The van der Waals surface area contributed by atoms with Gasteiger partial charge in [0, 0.05) is 24.3 Å². The molecule has 1 aromatic heterocycles. The van der Waals surface area contributed by atoms with Crippen LogP contribution in [0.25, 0.3) is 0 Å². The number of aromatic amines is 1. The highest BCUT2D eigenvalue weighted by molar-refractivity contribution is 5.54. The number of aryl methyl sites for hydroxylation is 1. The van der Waals surface area contributed by atoms with Crippen molar-refractivity contribution in [1.82, 2.24) is 9.97 Å². The van der Waals surface area contributed by atoms with Gasteiger partial charge in [-0.15, -0.1) is 0 Å². The quantitative estimate of drug-likeness (QED) is 0.609. The molecule has 134 valence electrons. The van der Waals surface area contributed by atoms with E-state index in [1.165, 1.54) is 0 Å². The SMILES string of the molecule is Cc1nc(Nc2ccc(OCc3ccccc3)cc2)[nH]c(=O)c1CCO. The fourth-order valence-electron chi connectivity index (χ4n) is 2.59. The number of aromatic nitrogens is 2. The summed E-state index contributed by atoms with van der Waals surface area (Å²) in [6, 6.07) is 17.4. The van der Waals surface area contributed by atoms with E-state index in [4.69, 9.17) is 9.84 Å². The number of hydrogen-bond donors (Lipinski definition) is 3. The molecule has 0 radical (unpaired) electrons. The average Bonchev–Trinajstić information content (AvgIpc) is 2.65. The van der Waals surface area contributed by atoms with Gasteiger partial charge in [0.1, 0.15) is 12.4 Å². The Bertz CT molecular complexity index is 906. The van der Waals surface area contributed by atoms with Gasteiger partial charge in [0.2, 0.25) is 5.95 Å². The van der Waals surface area contributed by atoms with Crippen molar-refractivity contribution in [2.75, 3.05) is 11.9 Å². The topological polar surface area (TPSA) is 87.2 Å². The van der Waals surface area contributed by atoms with Crippen LogP contribution in [-0.4, -0.2) is 21.7 Å². The summed E-state index contributed by atoms with van der Waals surface area (Å²) in [5.74, 6) is 1.13. The number of aliphatic hydroxyl groups is 1. The summed E-state index contributed by atoms with van der Waals surface area (Å²) in [4.78, 5) is 19.1. The highest BCUT2D eigenvalue weighted by Crippen LogP contribution is 2.19. The summed E-state index contributed by atoms with van der Waals surface area (Å²) in [5.41, 5.74) is 2.76. The Kier molecular flexibility index (Phi) is 5.66. The van der Waals surface area contributed by atoms with Crippen molar-refractivity contribution >= 4 is 11.6 Å². The zero-order valence-electron chi connectivity index (χ0n) is 14.5. The molecule has 6 heteroatoms. The first-order valence-corrected chi connectivity index (χ1v) is 8.40. The number of hydrogen-bond acceptors (Lipinski definition) is 5. The van der Waals surface area contributed by atoms with E-state index < -0.39 is 0 Å². The molecule has 1 heterocycles. The lowest BCUT2D eigenvalue weighted by atomic mass is 10.2. The fraction of sp³-hybridized carbons (Fsp3) is 0.200. The standard InChI is InChI=1S/C20H21N3O3/c1-14-18(11-12-24)19(25)23-20(21-14)22-16-7-9-17(10-8-16)26-13-15-5-3-2-4-6-15/h2-10,24H,11-13H2,1H3,(H2,21,22,23,25). The second-order valence-corrected chi connectivity index (χ2v) is 5.88. The monoisotopic (exact) mass is 351 g/mol. The number of H-pyrrole nitrogens is 1. The van der Waals surface area contributed by atoms with Crippen LogP contribution in [0.5, 0.6) is 5.75 Å². The minimum absolute atomic E-state index is 0.0805. The molecule has 0 aliphatic carbocycles. The molecular formula is C20H21N3O3. The van der Waals surface area contributed by atoms with Crippen LogP contribution in [0.15, 0.2) is 59.4 Å². The second-order valence-electron chi connectivity index (χ2n) is 5.88. The van der Waals surface area contributed by atoms with Crippen molar-refractivity contribution < 1.29 is 9.84 Å². The number of aliphatic hydroxyl groups excluding tert-OH is 1. The summed E-state index contributed by atoms with van der Waals surface area (Å²) < 4.78 is 5.75. The molecule has 26 heavy (non-hydrogen) atoms. The third-order valence-corrected chi connectivity index (χ3v) is 3.95. The Morgan fingerprint density at radius 1 is 1.12 bits per heavy atom. The first kappa shape index (κ1) is 17.7. The Morgan fingerprint density at radius 3 is 2.50 bits per heavy atom. The molecular weight excluding hydrogens is 330 g/mol. The largest absolute Gasteiger partial charge is 0.489 e. The summed E-state index contributed by atoms with van der Waals surface area (Å²) in [7, 11) is 0. The third-order valence-electron chi connectivity index (χ3n) is 3.95. The van der Waals surface area contributed by atoms with E-state index in [9.17, 15) is 4.79 Å². The van der Waals surface area contributed by atoms with Crippen LogP contribution in [0.1, 0.15) is 16.8 Å². The predicted molar refractivity (Wildman–Crippen MR) is 101 cm³/mol. The van der Waals surface area contributed by atoms with E-state index in [-0.39, 0.29) is 12.2 Å². The Morgan fingerprint density at radius 2 is 1.85 bits per heavy atom. The molecule has 0 unspecified atom stereocenters. The number of nitrogens with zero attached hydrogens (tertiary/aromatic N) is 1. The Balaban J connectivity index is 1.65. The average molecular weight is 351 g/mol. The highest BCUT2D eigenvalue weighted by Gasteiger charge is 2.08. The maximum atomic E-state index is 12.0. The van der Waals surface area contributed by atoms with Crippen molar-refractivity contribution in [3.05, 3.63) is 81.8 Å². The summed E-state index contributed by atoms with van der Waals surface area (Å²) >= 11 is 0. The van der Waals surface area contributed by atoms with E-state index >= 15 is 0 Å². The smallest absolute Gasteiger partial charge is 0.255 e. The molecule has 0 aliphatic rings. The van der Waals surface area contributed by atoms with Gasteiger partial charge in [0.25, 0.3) is 5.56 Å². The number of ether oxygens (including phenoxy) is 1. The van der Waals surface area contributed by atoms with Crippen molar-refractivity contribution in [3.8, 4) is 5.75 Å². The highest BCUT2D eigenvalue weighted by atomic mass is 16.5. The maximum Gasteiger partial charge on any atom is 0.255 e. The van der Waals surface area contributed by atoms with Gasteiger partial charge in [-0.3, -0.25) is 9.78 Å². The number of nitrogens with one attached hydrogen (secondary N) is 2. The van der Waals surface area contributed by atoms with Gasteiger partial charge in [-0.1, -0.05) is 30.3 Å². The molecule has 0 fully saturated rings. The lowest BCUT2D eigenvalue weighted by Gasteiger charge is -2.10. The number of anilines is 2. The van der Waals surface area contributed by atoms with Crippen LogP contribution in [-0.2, 0) is 13.0 Å². The van der Waals surface area contributed by atoms with E-state index in [0.29, 0.717) is 30.2 Å². The van der Waals surface area contributed by atoms with Gasteiger partial charge in [-0.25, -0.2) is 4.98 Å². The maximum absolute atomic E-state index is 12.0. The molecule has 0 saturated heterocycles. The normalized spacial score (nSPS) is 10.5. The zero-order chi connectivity index (χ0) is 18.4. The molecule has 0 atom stereocenters. The van der Waals surface area contributed by atoms with Crippen LogP contribution in [0, 0.1) is 6.92 Å². The zero-order valence-corrected chi connectivity index (χ0v) is 14.5. The molecule has 6 nitrogen and oxygen atoms in total. The molecule has 3 aromatic rings. The van der Waals surface area contributed by atoms with Gasteiger partial charge >= 0.3 is 0 Å². The summed E-state index contributed by atoms with van der Waals surface area (Å²) in [6.45, 7) is 2.18. The molecule has 3 rings (SSSR count). The van der Waals surface area contributed by atoms with Crippen molar-refractivity contribution in [1.29, 1.82) is 0 Å². The van der Waals surface area contributed by atoms with Gasteiger partial charge in [0.15, 0.2) is 0 Å². The van der Waals surface area contributed by atoms with Crippen LogP contribution in [0.3, 0.4) is 0 Å². The Hall–Kier alpha value is -3.12. The van der Waals surface area contributed by atoms with E-state index in [1.54, 1.807) is 6.92 Å². The second kappa shape index (κ2) is 8.31. The van der Waals surface area contributed by atoms with Gasteiger partial charge in [0.05, 0.1) is 5.69 Å². The fourth-order valence-corrected chi connectivity index (χ4v) is 2.59. The van der Waals surface area contributed by atoms with E-state index in [1.807, 2.05) is 54.6 Å². The van der Waals surface area contributed by atoms with Gasteiger partial charge in [-0.05, 0) is 36.8 Å². The van der Waals surface area contributed by atoms with Crippen LogP contribution >= 0.6 is 0 Å². The molecule has 0 saturated carbocycles.